The molecule has 1 aromatic carbocycles. The van der Waals surface area contributed by atoms with Gasteiger partial charge in [0.1, 0.15) is 11.9 Å². The zero-order chi connectivity index (χ0) is 16.7. The van der Waals surface area contributed by atoms with E-state index in [1.54, 1.807) is 34.8 Å². The number of hydrogen-bond donors (Lipinski definition) is 0. The van der Waals surface area contributed by atoms with E-state index in [0.717, 1.165) is 17.9 Å². The van der Waals surface area contributed by atoms with Crippen LogP contribution >= 0.6 is 0 Å². The Morgan fingerprint density at radius 3 is 2.67 bits per heavy atom. The van der Waals surface area contributed by atoms with E-state index in [0.29, 0.717) is 18.0 Å². The molecule has 7 heteroatoms. The molecule has 0 aliphatic carbocycles. The fourth-order valence-corrected chi connectivity index (χ4v) is 5.04. The van der Waals surface area contributed by atoms with E-state index in [1.807, 2.05) is 19.1 Å². The van der Waals surface area contributed by atoms with E-state index >= 15 is 0 Å². The highest BCUT2D eigenvalue weighted by molar-refractivity contribution is 7.89. The molecular weight excluding hydrogens is 326 g/mol. The molecule has 24 heavy (non-hydrogen) atoms. The van der Waals surface area contributed by atoms with E-state index in [4.69, 9.17) is 4.74 Å². The fraction of sp³-hybridized carbons (Fsp3) is 0.412. The quantitative estimate of drug-likeness (QED) is 0.850. The average Bonchev–Trinajstić information content (AvgIpc) is 3.15. The van der Waals surface area contributed by atoms with Gasteiger partial charge in [0, 0.05) is 25.2 Å². The van der Waals surface area contributed by atoms with Crippen LogP contribution in [0.1, 0.15) is 24.0 Å². The van der Waals surface area contributed by atoms with Gasteiger partial charge in [-0.2, -0.15) is 4.31 Å². The maximum absolute atomic E-state index is 12.7. The Kier molecular flexibility index (Phi) is 3.86. The van der Waals surface area contributed by atoms with Crippen molar-refractivity contribution in [1.29, 1.82) is 0 Å². The monoisotopic (exact) mass is 345 g/mol. The van der Waals surface area contributed by atoms with Gasteiger partial charge in [0.15, 0.2) is 0 Å². The Bertz CT molecular complexity index is 827. The molecule has 2 fully saturated rings. The van der Waals surface area contributed by atoms with Crippen molar-refractivity contribution in [2.45, 2.75) is 30.4 Å². The number of aryl methyl sites for hydroxylation is 1. The van der Waals surface area contributed by atoms with Gasteiger partial charge < -0.3 is 4.74 Å². The van der Waals surface area contributed by atoms with E-state index in [-0.39, 0.29) is 18.1 Å². The summed E-state index contributed by atoms with van der Waals surface area (Å²) in [5, 5.41) is 0. The van der Waals surface area contributed by atoms with Gasteiger partial charge in [-0.25, -0.2) is 18.4 Å². The summed E-state index contributed by atoms with van der Waals surface area (Å²) >= 11 is 0. The number of sulfonamides is 1. The van der Waals surface area contributed by atoms with Crippen LogP contribution in [0.5, 0.6) is 0 Å². The smallest absolute Gasteiger partial charge is 0.243 e. The number of fused-ring (bicyclic) bond motifs is 1. The molecule has 0 N–H and O–H groups in total. The molecule has 2 aromatic rings. The molecule has 2 saturated heterocycles. The second-order valence-electron chi connectivity index (χ2n) is 6.32. The standard InChI is InChI=1S/C17H19N3O3S/c1-12-18-8-7-15(19-12)16-9-13-10-20(11-17(13)23-16)24(21,22)14-5-3-2-4-6-14/h2-8,13,16-17H,9-11H2,1H3/t13-,16-,17+/m0/s1. The Labute approximate surface area is 141 Å². The van der Waals surface area contributed by atoms with Crippen LogP contribution in [0.3, 0.4) is 0 Å². The SMILES string of the molecule is Cc1nccc([C@@H]2C[C@H]3CN(S(=O)(=O)c4ccccc4)C[C@H]3O2)n1. The molecule has 3 atom stereocenters. The summed E-state index contributed by atoms with van der Waals surface area (Å²) < 4.78 is 33.1. The summed E-state index contributed by atoms with van der Waals surface area (Å²) in [6.45, 7) is 2.76. The maximum atomic E-state index is 12.7. The maximum Gasteiger partial charge on any atom is 0.243 e. The number of hydrogen-bond acceptors (Lipinski definition) is 5. The van der Waals surface area contributed by atoms with Crippen molar-refractivity contribution in [1.82, 2.24) is 14.3 Å². The van der Waals surface area contributed by atoms with Gasteiger partial charge in [-0.15, -0.1) is 0 Å². The topological polar surface area (TPSA) is 72.4 Å². The number of rotatable bonds is 3. The summed E-state index contributed by atoms with van der Waals surface area (Å²) in [5.41, 5.74) is 0.884. The van der Waals surface area contributed by atoms with E-state index in [2.05, 4.69) is 9.97 Å². The summed E-state index contributed by atoms with van der Waals surface area (Å²) in [7, 11) is -3.44. The second kappa shape index (κ2) is 5.91. The zero-order valence-electron chi connectivity index (χ0n) is 13.4. The molecule has 3 heterocycles. The Balaban J connectivity index is 1.48. The summed E-state index contributed by atoms with van der Waals surface area (Å²) in [6.07, 6.45) is 2.40. The van der Waals surface area contributed by atoms with E-state index < -0.39 is 10.0 Å². The predicted octanol–water partition coefficient (Wildman–Crippen LogP) is 1.94. The highest BCUT2D eigenvalue weighted by Crippen LogP contribution is 2.41. The second-order valence-corrected chi connectivity index (χ2v) is 8.26. The van der Waals surface area contributed by atoms with Crippen molar-refractivity contribution in [3.05, 3.63) is 54.1 Å². The lowest BCUT2D eigenvalue weighted by molar-refractivity contribution is 0.0407. The van der Waals surface area contributed by atoms with Crippen molar-refractivity contribution in [3.8, 4) is 0 Å². The first-order valence-corrected chi connectivity index (χ1v) is 9.48. The van der Waals surface area contributed by atoms with Crippen molar-refractivity contribution in [3.63, 3.8) is 0 Å². The van der Waals surface area contributed by atoms with Crippen LogP contribution in [0, 0.1) is 12.8 Å². The van der Waals surface area contributed by atoms with Gasteiger partial charge in [0.05, 0.1) is 16.7 Å². The molecular formula is C17H19N3O3S. The molecule has 2 aliphatic rings. The summed E-state index contributed by atoms with van der Waals surface area (Å²) in [6, 6.07) is 10.4. The van der Waals surface area contributed by atoms with Crippen LogP contribution in [0.25, 0.3) is 0 Å². The largest absolute Gasteiger partial charge is 0.367 e. The average molecular weight is 345 g/mol. The lowest BCUT2D eigenvalue weighted by Gasteiger charge is -2.19. The molecule has 0 radical (unpaired) electrons. The van der Waals surface area contributed by atoms with Crippen molar-refractivity contribution >= 4 is 10.0 Å². The van der Waals surface area contributed by atoms with Gasteiger partial charge in [0.2, 0.25) is 10.0 Å². The number of aromatic nitrogens is 2. The van der Waals surface area contributed by atoms with Crippen molar-refractivity contribution < 1.29 is 13.2 Å². The molecule has 4 rings (SSSR count). The van der Waals surface area contributed by atoms with Gasteiger partial charge in [-0.3, -0.25) is 0 Å². The number of benzene rings is 1. The van der Waals surface area contributed by atoms with Crippen LogP contribution < -0.4 is 0 Å². The van der Waals surface area contributed by atoms with Crippen molar-refractivity contribution in [2.24, 2.45) is 5.92 Å². The summed E-state index contributed by atoms with van der Waals surface area (Å²) in [4.78, 5) is 8.88. The first kappa shape index (κ1) is 15.7. The van der Waals surface area contributed by atoms with Crippen LogP contribution in [-0.2, 0) is 14.8 Å². The van der Waals surface area contributed by atoms with Crippen LogP contribution in [0.2, 0.25) is 0 Å². The molecule has 0 bridgehead atoms. The van der Waals surface area contributed by atoms with E-state index in [1.165, 1.54) is 0 Å². The normalized spacial score (nSPS) is 27.3. The Morgan fingerprint density at radius 1 is 1.17 bits per heavy atom. The minimum Gasteiger partial charge on any atom is -0.367 e. The van der Waals surface area contributed by atoms with Gasteiger partial charge >= 0.3 is 0 Å². The first-order chi connectivity index (χ1) is 11.5. The van der Waals surface area contributed by atoms with Crippen LogP contribution in [0.15, 0.2) is 47.5 Å². The minimum absolute atomic E-state index is 0.0660. The van der Waals surface area contributed by atoms with Gasteiger partial charge in [-0.05, 0) is 31.5 Å². The number of ether oxygens (including phenoxy) is 1. The predicted molar refractivity (Wildman–Crippen MR) is 87.7 cm³/mol. The third kappa shape index (κ3) is 2.72. The van der Waals surface area contributed by atoms with Crippen LogP contribution in [0.4, 0.5) is 0 Å². The molecule has 0 amide bonds. The van der Waals surface area contributed by atoms with Crippen molar-refractivity contribution in [2.75, 3.05) is 13.1 Å². The molecule has 1 aromatic heterocycles. The lowest BCUT2D eigenvalue weighted by Crippen LogP contribution is -2.30. The third-order valence-electron chi connectivity index (χ3n) is 4.71. The summed E-state index contributed by atoms with van der Waals surface area (Å²) in [5.74, 6) is 0.935. The molecule has 2 aliphatic heterocycles. The molecule has 0 unspecified atom stereocenters. The molecule has 0 spiro atoms. The highest BCUT2D eigenvalue weighted by atomic mass is 32.2. The molecule has 126 valence electrons. The lowest BCUT2D eigenvalue weighted by atomic mass is 10.0. The van der Waals surface area contributed by atoms with E-state index in [9.17, 15) is 8.42 Å². The molecule has 0 saturated carbocycles. The number of nitrogens with zero attached hydrogens (tertiary/aromatic N) is 3. The van der Waals surface area contributed by atoms with Gasteiger partial charge in [-0.1, -0.05) is 18.2 Å². The third-order valence-corrected chi connectivity index (χ3v) is 6.56. The van der Waals surface area contributed by atoms with Gasteiger partial charge in [0.25, 0.3) is 0 Å². The first-order valence-electron chi connectivity index (χ1n) is 8.04. The Morgan fingerprint density at radius 2 is 1.96 bits per heavy atom. The van der Waals surface area contributed by atoms with Crippen LogP contribution in [-0.4, -0.2) is 41.9 Å². The Hall–Kier alpha value is -1.83. The zero-order valence-corrected chi connectivity index (χ0v) is 14.2. The fourth-order valence-electron chi connectivity index (χ4n) is 3.51. The minimum atomic E-state index is -3.44. The molecule has 6 nitrogen and oxygen atoms in total. The highest BCUT2D eigenvalue weighted by Gasteiger charge is 2.46.